The van der Waals surface area contributed by atoms with E-state index in [4.69, 9.17) is 14.2 Å². The number of ether oxygens (including phenoxy) is 3. The smallest absolute Gasteiger partial charge is 0.351 e. The van der Waals surface area contributed by atoms with Crippen molar-refractivity contribution in [2.75, 3.05) is 26.1 Å². The minimum atomic E-state index is -0.451. The van der Waals surface area contributed by atoms with E-state index in [1.54, 1.807) is 36.4 Å². The third-order valence-electron chi connectivity index (χ3n) is 3.90. The number of carbonyl (C=O) groups excluding carboxylic acids is 2. The number of rotatable bonds is 6. The van der Waals surface area contributed by atoms with Crippen LogP contribution in [0.3, 0.4) is 0 Å². The fourth-order valence-corrected chi connectivity index (χ4v) is 3.73. The van der Waals surface area contributed by atoms with E-state index >= 15 is 0 Å². The Hall–Kier alpha value is -3.06. The van der Waals surface area contributed by atoms with Crippen LogP contribution in [-0.4, -0.2) is 32.7 Å². The molecule has 140 valence electrons. The van der Waals surface area contributed by atoms with Crippen molar-refractivity contribution in [3.05, 3.63) is 52.9 Å². The molecule has 1 amide bonds. The Labute approximate surface area is 160 Å². The fraction of sp³-hybridized carbons (Fsp3) is 0.200. The van der Waals surface area contributed by atoms with Crippen LogP contribution in [0.1, 0.15) is 27.0 Å². The molecule has 0 fully saturated rings. The Kier molecular flexibility index (Phi) is 5.61. The van der Waals surface area contributed by atoms with E-state index in [0.29, 0.717) is 34.2 Å². The van der Waals surface area contributed by atoms with Crippen molar-refractivity contribution >= 4 is 39.0 Å². The highest BCUT2D eigenvalue weighted by Gasteiger charge is 2.20. The summed E-state index contributed by atoms with van der Waals surface area (Å²) in [5, 5.41) is 3.60. The molecule has 0 spiro atoms. The second-order valence-corrected chi connectivity index (χ2v) is 6.63. The topological polar surface area (TPSA) is 73.9 Å². The third-order valence-corrected chi connectivity index (χ3v) is 5.03. The lowest BCUT2D eigenvalue weighted by molar-refractivity contribution is 0.0603. The lowest BCUT2D eigenvalue weighted by Crippen LogP contribution is -2.11. The molecule has 3 aromatic rings. The molecule has 0 atom stereocenters. The molecule has 3 rings (SSSR count). The van der Waals surface area contributed by atoms with Crippen LogP contribution in [0, 0.1) is 0 Å². The van der Waals surface area contributed by atoms with Gasteiger partial charge in [-0.15, -0.1) is 11.3 Å². The summed E-state index contributed by atoms with van der Waals surface area (Å²) in [6, 6.07) is 12.3. The van der Waals surface area contributed by atoms with Gasteiger partial charge in [0.1, 0.15) is 5.75 Å². The maximum absolute atomic E-state index is 12.5. The zero-order valence-corrected chi connectivity index (χ0v) is 16.0. The third kappa shape index (κ3) is 3.88. The van der Waals surface area contributed by atoms with Crippen LogP contribution in [-0.2, 0) is 4.74 Å². The first-order valence-electron chi connectivity index (χ1n) is 8.30. The number of nitrogens with one attached hydrogen (secondary N) is 1. The molecule has 7 heteroatoms. The van der Waals surface area contributed by atoms with Crippen molar-refractivity contribution in [1.29, 1.82) is 0 Å². The number of thiophene rings is 1. The molecule has 0 aliphatic carbocycles. The van der Waals surface area contributed by atoms with Gasteiger partial charge in [-0.25, -0.2) is 4.79 Å². The van der Waals surface area contributed by atoms with Crippen LogP contribution < -0.4 is 14.8 Å². The summed E-state index contributed by atoms with van der Waals surface area (Å²) in [4.78, 5) is 24.8. The van der Waals surface area contributed by atoms with Crippen LogP contribution in [0.2, 0.25) is 0 Å². The summed E-state index contributed by atoms with van der Waals surface area (Å²) in [5.74, 6) is 0.473. The Morgan fingerprint density at radius 3 is 2.44 bits per heavy atom. The molecule has 0 aliphatic rings. The predicted octanol–water partition coefficient (Wildman–Crippen LogP) is 4.35. The summed E-state index contributed by atoms with van der Waals surface area (Å²) in [5.41, 5.74) is 1.12. The summed E-state index contributed by atoms with van der Waals surface area (Å²) < 4.78 is 16.4. The lowest BCUT2D eigenvalue weighted by Gasteiger charge is -2.07. The predicted molar refractivity (Wildman–Crippen MR) is 105 cm³/mol. The normalized spacial score (nSPS) is 10.5. The molecule has 1 N–H and O–H groups in total. The summed E-state index contributed by atoms with van der Waals surface area (Å²) in [6.07, 6.45) is 0. The lowest BCUT2D eigenvalue weighted by atomic mass is 10.1. The number of carbonyl (C=O) groups is 2. The summed E-state index contributed by atoms with van der Waals surface area (Å²) >= 11 is 1.29. The van der Waals surface area contributed by atoms with Gasteiger partial charge < -0.3 is 19.5 Å². The van der Waals surface area contributed by atoms with Gasteiger partial charge in [0.15, 0.2) is 10.6 Å². The van der Waals surface area contributed by atoms with Gasteiger partial charge in [0.2, 0.25) is 0 Å². The zero-order chi connectivity index (χ0) is 19.4. The van der Waals surface area contributed by atoms with Gasteiger partial charge in [-0.3, -0.25) is 4.79 Å². The van der Waals surface area contributed by atoms with Crippen LogP contribution in [0.15, 0.2) is 42.5 Å². The van der Waals surface area contributed by atoms with Crippen molar-refractivity contribution < 1.29 is 23.8 Å². The summed E-state index contributed by atoms with van der Waals surface area (Å²) in [7, 11) is 2.83. The number of methoxy groups -OCH3 is 2. The maximum Gasteiger partial charge on any atom is 0.351 e. The average molecular weight is 385 g/mol. The van der Waals surface area contributed by atoms with Gasteiger partial charge in [-0.1, -0.05) is 0 Å². The monoisotopic (exact) mass is 385 g/mol. The molecule has 0 radical (unpaired) electrons. The van der Waals surface area contributed by atoms with E-state index in [9.17, 15) is 9.59 Å². The number of anilines is 1. The van der Waals surface area contributed by atoms with Crippen molar-refractivity contribution in [2.24, 2.45) is 0 Å². The quantitative estimate of drug-likeness (QED) is 0.639. The summed E-state index contributed by atoms with van der Waals surface area (Å²) in [6.45, 7) is 2.47. The van der Waals surface area contributed by atoms with Gasteiger partial charge in [0.05, 0.1) is 20.8 Å². The number of benzene rings is 2. The Morgan fingerprint density at radius 2 is 1.81 bits per heavy atom. The molecule has 1 heterocycles. The van der Waals surface area contributed by atoms with Crippen molar-refractivity contribution in [3.8, 4) is 11.5 Å². The molecule has 0 unspecified atom stereocenters. The van der Waals surface area contributed by atoms with E-state index < -0.39 is 5.97 Å². The molecule has 0 bridgehead atoms. The first-order valence-corrected chi connectivity index (χ1v) is 9.12. The number of amides is 1. The molecule has 6 nitrogen and oxygen atoms in total. The molecular weight excluding hydrogens is 366 g/mol. The van der Waals surface area contributed by atoms with E-state index in [1.165, 1.54) is 25.6 Å². The highest BCUT2D eigenvalue weighted by Crippen LogP contribution is 2.39. The highest BCUT2D eigenvalue weighted by atomic mass is 32.1. The first-order chi connectivity index (χ1) is 13.1. The molecule has 0 saturated heterocycles. The van der Waals surface area contributed by atoms with Crippen molar-refractivity contribution in [1.82, 2.24) is 0 Å². The van der Waals surface area contributed by atoms with Gasteiger partial charge >= 0.3 is 5.97 Å². The Morgan fingerprint density at radius 1 is 1.07 bits per heavy atom. The van der Waals surface area contributed by atoms with Crippen LogP contribution >= 0.6 is 11.3 Å². The molecule has 0 aliphatic heterocycles. The van der Waals surface area contributed by atoms with Crippen molar-refractivity contribution in [2.45, 2.75) is 6.92 Å². The highest BCUT2D eigenvalue weighted by molar-refractivity contribution is 7.21. The van der Waals surface area contributed by atoms with E-state index in [-0.39, 0.29) is 5.91 Å². The molecular formula is C20H19NO5S. The van der Waals surface area contributed by atoms with Crippen LogP contribution in [0.5, 0.6) is 11.5 Å². The largest absolute Gasteiger partial charge is 0.494 e. The number of hydrogen-bond acceptors (Lipinski definition) is 6. The van der Waals surface area contributed by atoms with Crippen LogP contribution in [0.25, 0.3) is 10.1 Å². The SMILES string of the molecule is CCOc1ccc(C(=O)Nc2ccc3sc(C(=O)OC)c(OC)c3c2)cc1. The van der Waals surface area contributed by atoms with E-state index in [2.05, 4.69) is 5.32 Å². The van der Waals surface area contributed by atoms with Gasteiger partial charge in [-0.05, 0) is 49.4 Å². The second-order valence-electron chi connectivity index (χ2n) is 5.58. The van der Waals surface area contributed by atoms with Gasteiger partial charge in [-0.2, -0.15) is 0 Å². The average Bonchev–Trinajstić information content (AvgIpc) is 3.06. The molecule has 27 heavy (non-hydrogen) atoms. The number of fused-ring (bicyclic) bond motifs is 1. The molecule has 1 aromatic heterocycles. The minimum Gasteiger partial charge on any atom is -0.494 e. The Balaban J connectivity index is 1.86. The molecule has 2 aromatic carbocycles. The maximum atomic E-state index is 12.5. The van der Waals surface area contributed by atoms with Crippen molar-refractivity contribution in [3.63, 3.8) is 0 Å². The van der Waals surface area contributed by atoms with Gasteiger partial charge in [0, 0.05) is 21.3 Å². The van der Waals surface area contributed by atoms with Crippen LogP contribution in [0.4, 0.5) is 5.69 Å². The zero-order valence-electron chi connectivity index (χ0n) is 15.2. The second kappa shape index (κ2) is 8.09. The number of esters is 1. The Bertz CT molecular complexity index is 978. The molecule has 0 saturated carbocycles. The first kappa shape index (κ1) is 18.7. The standard InChI is InChI=1S/C20H19NO5S/c1-4-26-14-8-5-12(6-9-14)19(22)21-13-7-10-16-15(11-13)17(24-2)18(27-16)20(23)25-3/h5-11H,4H2,1-3H3,(H,21,22). The van der Waals surface area contributed by atoms with E-state index in [0.717, 1.165) is 10.1 Å². The minimum absolute atomic E-state index is 0.236. The number of hydrogen-bond donors (Lipinski definition) is 1. The van der Waals surface area contributed by atoms with Gasteiger partial charge in [0.25, 0.3) is 5.91 Å². The van der Waals surface area contributed by atoms with E-state index in [1.807, 2.05) is 13.0 Å². The fourth-order valence-electron chi connectivity index (χ4n) is 2.65.